The molecule has 1 rings (SSSR count). The summed E-state index contributed by atoms with van der Waals surface area (Å²) in [6.45, 7) is 2.09. The second-order valence-corrected chi connectivity index (χ2v) is 2.37. The zero-order chi connectivity index (χ0) is 7.56. The van der Waals surface area contributed by atoms with Gasteiger partial charge in [-0.2, -0.15) is 11.4 Å². The molecule has 56 valence electrons. The normalized spacial score (nSPS) is 17.3. The van der Waals surface area contributed by atoms with Crippen LogP contribution in [0, 0.1) is 0 Å². The lowest BCUT2D eigenvalue weighted by Crippen LogP contribution is -1.82. The molecular weight excluding hydrogens is 124 g/mol. The summed E-state index contributed by atoms with van der Waals surface area (Å²) in [6, 6.07) is 0. The van der Waals surface area contributed by atoms with Crippen LogP contribution >= 0.6 is 0 Å². The minimum atomic E-state index is 1.01. The minimum absolute atomic E-state index is 1.01. The first-order valence-electron chi connectivity index (χ1n) is 3.39. The molecule has 1 aliphatic carbocycles. The van der Waals surface area contributed by atoms with Gasteiger partial charge < -0.3 is 10.6 Å². The standard InChI is InChI=1S/C8H12N2/c1-6-4-5-7(9-2)8(6)10-3/h5H,4H2,1-3H3/q-2. The molecule has 0 amide bonds. The van der Waals surface area contributed by atoms with Gasteiger partial charge >= 0.3 is 0 Å². The SMILES string of the molecule is C[N-]C1=CCC(C)=C1[N-]C. The Labute approximate surface area is 62.0 Å². The van der Waals surface area contributed by atoms with Gasteiger partial charge in [-0.1, -0.05) is 11.6 Å². The first kappa shape index (κ1) is 7.19. The lowest BCUT2D eigenvalue weighted by molar-refractivity contribution is 1.23. The molecule has 0 N–H and O–H groups in total. The second-order valence-electron chi connectivity index (χ2n) is 2.37. The van der Waals surface area contributed by atoms with E-state index in [-0.39, 0.29) is 0 Å². The average molecular weight is 136 g/mol. The minimum Gasteiger partial charge on any atom is -0.688 e. The van der Waals surface area contributed by atoms with E-state index in [9.17, 15) is 0 Å². The average Bonchev–Trinajstić information content (AvgIpc) is 2.30. The highest BCUT2D eigenvalue weighted by Crippen LogP contribution is 2.31. The molecule has 1 aliphatic rings. The maximum Gasteiger partial charge on any atom is -0.0160 e. The summed E-state index contributed by atoms with van der Waals surface area (Å²) in [7, 11) is 3.61. The first-order valence-corrected chi connectivity index (χ1v) is 3.39. The van der Waals surface area contributed by atoms with Crippen LogP contribution in [0.15, 0.2) is 23.0 Å². The van der Waals surface area contributed by atoms with Crippen LogP contribution in [-0.2, 0) is 0 Å². The van der Waals surface area contributed by atoms with E-state index >= 15 is 0 Å². The molecule has 0 aromatic carbocycles. The van der Waals surface area contributed by atoms with Gasteiger partial charge in [0.2, 0.25) is 0 Å². The van der Waals surface area contributed by atoms with Crippen LogP contribution < -0.4 is 0 Å². The number of allylic oxidation sites excluding steroid dienone is 2. The summed E-state index contributed by atoms with van der Waals surface area (Å²) in [6.07, 6.45) is 3.12. The Bertz CT molecular complexity index is 189. The third-order valence-corrected chi connectivity index (χ3v) is 1.71. The predicted molar refractivity (Wildman–Crippen MR) is 44.0 cm³/mol. The van der Waals surface area contributed by atoms with Gasteiger partial charge in [0, 0.05) is 0 Å². The topological polar surface area (TPSA) is 28.2 Å². The fourth-order valence-electron chi connectivity index (χ4n) is 1.16. The summed E-state index contributed by atoms with van der Waals surface area (Å²) in [5, 5.41) is 8.24. The van der Waals surface area contributed by atoms with Crippen LogP contribution in [0.4, 0.5) is 0 Å². The van der Waals surface area contributed by atoms with E-state index in [4.69, 9.17) is 0 Å². The van der Waals surface area contributed by atoms with E-state index in [0.29, 0.717) is 0 Å². The smallest absolute Gasteiger partial charge is 0.0160 e. The van der Waals surface area contributed by atoms with Gasteiger partial charge in [0.15, 0.2) is 0 Å². The summed E-state index contributed by atoms with van der Waals surface area (Å²) < 4.78 is 0. The molecule has 0 saturated carbocycles. The highest BCUT2D eigenvalue weighted by Gasteiger charge is 1.97. The van der Waals surface area contributed by atoms with Gasteiger partial charge in [-0.3, -0.25) is 0 Å². The largest absolute Gasteiger partial charge is 0.688 e. The Balaban J connectivity index is 2.79. The van der Waals surface area contributed by atoms with Crippen molar-refractivity contribution >= 4 is 0 Å². The van der Waals surface area contributed by atoms with Crippen LogP contribution in [0.3, 0.4) is 0 Å². The van der Waals surface area contributed by atoms with Crippen molar-refractivity contribution in [2.24, 2.45) is 0 Å². The third kappa shape index (κ3) is 1.01. The van der Waals surface area contributed by atoms with Gasteiger partial charge in [0.25, 0.3) is 0 Å². The van der Waals surface area contributed by atoms with Crippen molar-refractivity contribution in [3.8, 4) is 0 Å². The van der Waals surface area contributed by atoms with Gasteiger partial charge in [-0.15, -0.1) is 14.1 Å². The molecule has 0 atom stereocenters. The van der Waals surface area contributed by atoms with Crippen molar-refractivity contribution in [1.82, 2.24) is 0 Å². The number of hydrogen-bond donors (Lipinski definition) is 0. The van der Waals surface area contributed by atoms with Gasteiger partial charge in [0.05, 0.1) is 0 Å². The lowest BCUT2D eigenvalue weighted by Gasteiger charge is -2.29. The fourth-order valence-corrected chi connectivity index (χ4v) is 1.16. The molecule has 0 fully saturated rings. The monoisotopic (exact) mass is 136 g/mol. The van der Waals surface area contributed by atoms with Crippen LogP contribution in [0.1, 0.15) is 13.3 Å². The van der Waals surface area contributed by atoms with Gasteiger partial charge in [-0.25, -0.2) is 0 Å². The zero-order valence-corrected chi connectivity index (χ0v) is 6.68. The van der Waals surface area contributed by atoms with Crippen LogP contribution in [-0.4, -0.2) is 14.1 Å². The molecule has 2 heteroatoms. The Morgan fingerprint density at radius 1 is 1.30 bits per heavy atom. The van der Waals surface area contributed by atoms with E-state index in [1.165, 1.54) is 5.57 Å². The van der Waals surface area contributed by atoms with Crippen molar-refractivity contribution < 1.29 is 0 Å². The first-order chi connectivity index (χ1) is 4.79. The maximum absolute atomic E-state index is 4.14. The Hall–Kier alpha value is -0.920. The molecule has 0 radical (unpaired) electrons. The molecule has 0 bridgehead atoms. The molecule has 0 unspecified atom stereocenters. The quantitative estimate of drug-likeness (QED) is 0.558. The summed E-state index contributed by atoms with van der Waals surface area (Å²) in [5.41, 5.74) is 3.44. The molecule has 0 spiro atoms. The van der Waals surface area contributed by atoms with Crippen LogP contribution in [0.25, 0.3) is 10.6 Å². The molecule has 0 heterocycles. The van der Waals surface area contributed by atoms with E-state index in [1.807, 2.05) is 7.05 Å². The molecule has 0 saturated heterocycles. The fraction of sp³-hybridized carbons (Fsp3) is 0.500. The summed E-state index contributed by atoms with van der Waals surface area (Å²) >= 11 is 0. The lowest BCUT2D eigenvalue weighted by atomic mass is 10.2. The number of rotatable bonds is 2. The van der Waals surface area contributed by atoms with Crippen molar-refractivity contribution in [2.45, 2.75) is 13.3 Å². The molecule has 2 nitrogen and oxygen atoms in total. The molecular formula is C8H12N2-2. The summed E-state index contributed by atoms with van der Waals surface area (Å²) in [4.78, 5) is 0. The van der Waals surface area contributed by atoms with Crippen molar-refractivity contribution in [3.05, 3.63) is 33.7 Å². The Kier molecular flexibility index (Phi) is 2.00. The molecule has 0 aromatic rings. The number of likely N-dealkylation sites (N-methyl/N-ethyl adjacent to an activating group) is 2. The Morgan fingerprint density at radius 3 is 2.40 bits per heavy atom. The van der Waals surface area contributed by atoms with Crippen molar-refractivity contribution in [3.63, 3.8) is 0 Å². The Morgan fingerprint density at radius 2 is 2.00 bits per heavy atom. The van der Waals surface area contributed by atoms with E-state index in [2.05, 4.69) is 23.6 Å². The summed E-state index contributed by atoms with van der Waals surface area (Å²) in [5.74, 6) is 0. The van der Waals surface area contributed by atoms with E-state index in [1.54, 1.807) is 7.05 Å². The van der Waals surface area contributed by atoms with Crippen LogP contribution in [0.5, 0.6) is 0 Å². The number of hydrogen-bond acceptors (Lipinski definition) is 0. The van der Waals surface area contributed by atoms with E-state index < -0.39 is 0 Å². The zero-order valence-electron chi connectivity index (χ0n) is 6.68. The third-order valence-electron chi connectivity index (χ3n) is 1.71. The highest BCUT2D eigenvalue weighted by molar-refractivity contribution is 5.51. The van der Waals surface area contributed by atoms with Gasteiger partial charge in [0.1, 0.15) is 0 Å². The van der Waals surface area contributed by atoms with Crippen molar-refractivity contribution in [2.75, 3.05) is 14.1 Å². The highest BCUT2D eigenvalue weighted by atomic mass is 14.9. The number of nitrogens with zero attached hydrogens (tertiary/aromatic N) is 2. The van der Waals surface area contributed by atoms with Crippen LogP contribution in [0.2, 0.25) is 0 Å². The second kappa shape index (κ2) is 2.78. The van der Waals surface area contributed by atoms with E-state index in [0.717, 1.165) is 17.8 Å². The van der Waals surface area contributed by atoms with Gasteiger partial charge in [-0.05, 0) is 13.3 Å². The molecule has 0 aliphatic heterocycles. The van der Waals surface area contributed by atoms with Crippen molar-refractivity contribution in [1.29, 1.82) is 0 Å². The maximum atomic E-state index is 4.14. The molecule has 0 aromatic heterocycles. The molecule has 10 heavy (non-hydrogen) atoms. The predicted octanol–water partition coefficient (Wildman–Crippen LogP) is 2.56.